The van der Waals surface area contributed by atoms with Crippen molar-refractivity contribution in [3.05, 3.63) is 33.3 Å². The largest absolute Gasteiger partial charge is 0.324 e. The van der Waals surface area contributed by atoms with Crippen molar-refractivity contribution in [1.82, 2.24) is 4.90 Å². The Morgan fingerprint density at radius 3 is 2.58 bits per heavy atom. The lowest BCUT2D eigenvalue weighted by Gasteiger charge is -2.19. The Hall–Kier alpha value is -0.0900. The second-order valence-electron chi connectivity index (χ2n) is 5.78. The Kier molecular flexibility index (Phi) is 5.29. The van der Waals surface area contributed by atoms with Crippen molar-refractivity contribution in [3.8, 4) is 0 Å². The Balaban J connectivity index is 1.89. The zero-order valence-electron chi connectivity index (χ0n) is 11.6. The highest BCUT2D eigenvalue weighted by Crippen LogP contribution is 2.28. The van der Waals surface area contributed by atoms with Gasteiger partial charge in [0.25, 0.3) is 0 Å². The number of hydrogen-bond acceptors (Lipinski definition) is 2. The summed E-state index contributed by atoms with van der Waals surface area (Å²) in [6, 6.07) is 5.95. The van der Waals surface area contributed by atoms with Crippen molar-refractivity contribution in [1.29, 1.82) is 0 Å². The van der Waals surface area contributed by atoms with E-state index in [4.69, 9.17) is 17.3 Å². The van der Waals surface area contributed by atoms with Crippen molar-refractivity contribution in [2.45, 2.75) is 26.3 Å². The normalized spacial score (nSPS) is 25.7. The summed E-state index contributed by atoms with van der Waals surface area (Å²) in [4.78, 5) is 2.52. The fourth-order valence-electron chi connectivity index (χ4n) is 2.71. The van der Waals surface area contributed by atoms with E-state index in [9.17, 15) is 0 Å². The zero-order valence-corrected chi connectivity index (χ0v) is 13.9. The van der Waals surface area contributed by atoms with Gasteiger partial charge in [0.2, 0.25) is 0 Å². The predicted octanol–water partition coefficient (Wildman–Crippen LogP) is 4.08. The fraction of sp³-hybridized carbons (Fsp3) is 0.600. The van der Waals surface area contributed by atoms with Crippen molar-refractivity contribution in [3.63, 3.8) is 0 Å². The highest BCUT2D eigenvalue weighted by atomic mass is 79.9. The van der Waals surface area contributed by atoms with Gasteiger partial charge in [-0.15, -0.1) is 0 Å². The maximum atomic E-state index is 6.27. The van der Waals surface area contributed by atoms with Crippen LogP contribution in [0.15, 0.2) is 22.7 Å². The number of likely N-dealkylation sites (tertiary alicyclic amines) is 1. The summed E-state index contributed by atoms with van der Waals surface area (Å²) in [7, 11) is 0. The van der Waals surface area contributed by atoms with E-state index >= 15 is 0 Å². The molecule has 1 saturated heterocycles. The number of rotatable bonds is 4. The molecule has 1 aromatic rings. The predicted molar refractivity (Wildman–Crippen MR) is 85.5 cm³/mol. The van der Waals surface area contributed by atoms with Crippen LogP contribution in [0, 0.1) is 11.8 Å². The van der Waals surface area contributed by atoms with Crippen LogP contribution in [0.1, 0.15) is 31.9 Å². The lowest BCUT2D eigenvalue weighted by Crippen LogP contribution is -2.25. The van der Waals surface area contributed by atoms with Gasteiger partial charge in [-0.3, -0.25) is 0 Å². The lowest BCUT2D eigenvalue weighted by molar-refractivity contribution is 0.309. The van der Waals surface area contributed by atoms with Gasteiger partial charge in [0.05, 0.1) is 0 Å². The molecular weight excluding hydrogens is 324 g/mol. The molecule has 1 aliphatic heterocycles. The minimum absolute atomic E-state index is 0.0202. The molecule has 106 valence electrons. The quantitative estimate of drug-likeness (QED) is 0.891. The van der Waals surface area contributed by atoms with E-state index in [0.29, 0.717) is 0 Å². The van der Waals surface area contributed by atoms with Gasteiger partial charge >= 0.3 is 0 Å². The van der Waals surface area contributed by atoms with Gasteiger partial charge in [0, 0.05) is 28.6 Å². The highest BCUT2D eigenvalue weighted by Gasteiger charge is 2.26. The summed E-state index contributed by atoms with van der Waals surface area (Å²) >= 11 is 9.66. The molecule has 1 aliphatic rings. The van der Waals surface area contributed by atoms with Crippen molar-refractivity contribution in [2.24, 2.45) is 17.6 Å². The van der Waals surface area contributed by atoms with Crippen LogP contribution in [0.4, 0.5) is 0 Å². The summed E-state index contributed by atoms with van der Waals surface area (Å²) in [5.74, 6) is 1.60. The topological polar surface area (TPSA) is 29.3 Å². The van der Waals surface area contributed by atoms with Crippen LogP contribution < -0.4 is 5.73 Å². The molecule has 0 aliphatic carbocycles. The molecule has 0 bridgehead atoms. The molecule has 4 heteroatoms. The van der Waals surface area contributed by atoms with Crippen LogP contribution in [-0.4, -0.2) is 24.5 Å². The molecule has 2 nitrogen and oxygen atoms in total. The average molecular weight is 346 g/mol. The average Bonchev–Trinajstić information content (AvgIpc) is 2.66. The first-order chi connectivity index (χ1) is 8.97. The Morgan fingerprint density at radius 1 is 1.37 bits per heavy atom. The van der Waals surface area contributed by atoms with Gasteiger partial charge in [-0.25, -0.2) is 0 Å². The smallest absolute Gasteiger partial charge is 0.0464 e. The minimum atomic E-state index is 0.0202. The molecule has 2 N–H and O–H groups in total. The molecule has 3 unspecified atom stereocenters. The number of benzene rings is 1. The van der Waals surface area contributed by atoms with Crippen LogP contribution in [0.3, 0.4) is 0 Å². The maximum absolute atomic E-state index is 6.27. The first-order valence-electron chi connectivity index (χ1n) is 6.90. The first-order valence-corrected chi connectivity index (χ1v) is 8.07. The number of nitrogens with two attached hydrogens (primary N) is 1. The molecular formula is C15H22BrClN2. The monoisotopic (exact) mass is 344 g/mol. The number of hydrogen-bond donors (Lipinski definition) is 1. The zero-order chi connectivity index (χ0) is 14.0. The van der Waals surface area contributed by atoms with E-state index in [2.05, 4.69) is 34.7 Å². The van der Waals surface area contributed by atoms with E-state index in [0.717, 1.165) is 39.9 Å². The molecule has 1 fully saturated rings. The van der Waals surface area contributed by atoms with Crippen molar-refractivity contribution < 1.29 is 0 Å². The molecule has 1 aromatic carbocycles. The van der Waals surface area contributed by atoms with E-state index < -0.39 is 0 Å². The molecule has 2 rings (SSSR count). The fourth-order valence-corrected chi connectivity index (χ4v) is 3.52. The van der Waals surface area contributed by atoms with Crippen LogP contribution >= 0.6 is 27.5 Å². The third kappa shape index (κ3) is 3.94. The summed E-state index contributed by atoms with van der Waals surface area (Å²) in [5, 5.41) is 0.755. The van der Waals surface area contributed by atoms with Gasteiger partial charge in [-0.1, -0.05) is 47.4 Å². The SMILES string of the molecule is CC1CN(CCC(N)c2ccc(Br)cc2Cl)CC1C. The third-order valence-electron chi connectivity index (χ3n) is 4.18. The standard InChI is InChI=1S/C15H22BrClN2/c1-10-8-19(9-11(10)2)6-5-15(18)13-4-3-12(16)7-14(13)17/h3-4,7,10-11,15H,5-6,8-9,18H2,1-2H3. The van der Waals surface area contributed by atoms with Gasteiger partial charge < -0.3 is 10.6 Å². The molecule has 19 heavy (non-hydrogen) atoms. The van der Waals surface area contributed by atoms with E-state index in [1.807, 2.05) is 18.2 Å². The Bertz CT molecular complexity index is 428. The molecule has 0 spiro atoms. The summed E-state index contributed by atoms with van der Waals surface area (Å²) in [6.45, 7) is 8.11. The Morgan fingerprint density at radius 2 is 2.00 bits per heavy atom. The van der Waals surface area contributed by atoms with Gasteiger partial charge in [-0.05, 0) is 42.5 Å². The lowest BCUT2D eigenvalue weighted by atomic mass is 10.0. The van der Waals surface area contributed by atoms with Crippen LogP contribution in [0.5, 0.6) is 0 Å². The highest BCUT2D eigenvalue weighted by molar-refractivity contribution is 9.10. The molecule has 0 saturated carbocycles. The number of nitrogens with zero attached hydrogens (tertiary/aromatic N) is 1. The molecule has 3 atom stereocenters. The molecule has 0 amide bonds. The second kappa shape index (κ2) is 6.57. The van der Waals surface area contributed by atoms with Gasteiger partial charge in [-0.2, -0.15) is 0 Å². The van der Waals surface area contributed by atoms with Crippen molar-refractivity contribution in [2.75, 3.05) is 19.6 Å². The van der Waals surface area contributed by atoms with E-state index in [1.54, 1.807) is 0 Å². The van der Waals surface area contributed by atoms with Crippen molar-refractivity contribution >= 4 is 27.5 Å². The number of halogens is 2. The first kappa shape index (κ1) is 15.3. The summed E-state index contributed by atoms with van der Waals surface area (Å²) < 4.78 is 0.996. The maximum Gasteiger partial charge on any atom is 0.0464 e. The molecule has 1 heterocycles. The second-order valence-corrected chi connectivity index (χ2v) is 7.10. The van der Waals surface area contributed by atoms with Crippen LogP contribution in [0.2, 0.25) is 5.02 Å². The third-order valence-corrected chi connectivity index (χ3v) is 5.00. The Labute approximate surface area is 129 Å². The summed E-state index contributed by atoms with van der Waals surface area (Å²) in [6.07, 6.45) is 0.959. The van der Waals surface area contributed by atoms with Crippen LogP contribution in [-0.2, 0) is 0 Å². The molecule has 0 aromatic heterocycles. The molecule has 0 radical (unpaired) electrons. The van der Waals surface area contributed by atoms with Gasteiger partial charge in [0.1, 0.15) is 0 Å². The van der Waals surface area contributed by atoms with E-state index in [1.165, 1.54) is 13.1 Å². The van der Waals surface area contributed by atoms with Crippen LogP contribution in [0.25, 0.3) is 0 Å². The summed E-state index contributed by atoms with van der Waals surface area (Å²) in [5.41, 5.74) is 7.31. The minimum Gasteiger partial charge on any atom is -0.324 e. The van der Waals surface area contributed by atoms with E-state index in [-0.39, 0.29) is 6.04 Å². The van der Waals surface area contributed by atoms with Gasteiger partial charge in [0.15, 0.2) is 0 Å².